The van der Waals surface area contributed by atoms with Crippen LogP contribution in [-0.2, 0) is 0 Å². The van der Waals surface area contributed by atoms with Crippen molar-refractivity contribution in [1.82, 2.24) is 10.2 Å². The molecule has 1 atom stereocenters. The first kappa shape index (κ1) is 14.8. The number of hydrogen-bond acceptors (Lipinski definition) is 2. The minimum atomic E-state index is 0.000674. The molecule has 3 rings (SSSR count). The van der Waals surface area contributed by atoms with Crippen molar-refractivity contribution in [2.24, 2.45) is 0 Å². The molecule has 1 heterocycles. The van der Waals surface area contributed by atoms with Crippen molar-refractivity contribution in [3.63, 3.8) is 0 Å². The number of nitrogens with one attached hydrogen (secondary N) is 1. The maximum atomic E-state index is 12.3. The van der Waals surface area contributed by atoms with E-state index in [0.717, 1.165) is 18.7 Å². The molecule has 0 radical (unpaired) electrons. The zero-order valence-corrected chi connectivity index (χ0v) is 12.7. The second-order valence-electron chi connectivity index (χ2n) is 5.75. The Morgan fingerprint density at radius 1 is 0.955 bits per heavy atom. The maximum Gasteiger partial charge on any atom is 0.251 e. The second kappa shape index (κ2) is 7.23. The Morgan fingerprint density at radius 3 is 2.18 bits per heavy atom. The molecule has 1 aliphatic heterocycles. The van der Waals surface area contributed by atoms with Crippen LogP contribution in [0.3, 0.4) is 0 Å². The third kappa shape index (κ3) is 3.55. The molecule has 0 bridgehead atoms. The van der Waals surface area contributed by atoms with Crippen LogP contribution in [0, 0.1) is 0 Å². The monoisotopic (exact) mass is 294 g/mol. The van der Waals surface area contributed by atoms with Crippen LogP contribution in [-0.4, -0.2) is 30.4 Å². The van der Waals surface area contributed by atoms with Crippen molar-refractivity contribution in [1.29, 1.82) is 0 Å². The van der Waals surface area contributed by atoms with E-state index >= 15 is 0 Å². The van der Waals surface area contributed by atoms with Crippen LogP contribution >= 0.6 is 0 Å². The lowest BCUT2D eigenvalue weighted by Gasteiger charge is -2.28. The first-order valence-corrected chi connectivity index (χ1v) is 7.97. The molecule has 3 nitrogen and oxygen atoms in total. The molecule has 1 fully saturated rings. The first-order chi connectivity index (χ1) is 10.8. The summed E-state index contributed by atoms with van der Waals surface area (Å²) in [4.78, 5) is 14.7. The van der Waals surface area contributed by atoms with E-state index in [1.807, 2.05) is 36.4 Å². The van der Waals surface area contributed by atoms with Crippen LogP contribution in [0.1, 0.15) is 34.8 Å². The predicted octanol–water partition coefficient (Wildman–Crippen LogP) is 3.25. The van der Waals surface area contributed by atoms with Crippen LogP contribution in [0.2, 0.25) is 0 Å². The van der Waals surface area contributed by atoms with Gasteiger partial charge >= 0.3 is 0 Å². The van der Waals surface area contributed by atoms with Gasteiger partial charge in [-0.2, -0.15) is 0 Å². The van der Waals surface area contributed by atoms with Crippen molar-refractivity contribution < 1.29 is 4.79 Å². The van der Waals surface area contributed by atoms with Gasteiger partial charge in [0.05, 0.1) is 6.04 Å². The molecule has 3 heteroatoms. The average molecular weight is 294 g/mol. The Morgan fingerprint density at radius 2 is 1.55 bits per heavy atom. The summed E-state index contributed by atoms with van der Waals surface area (Å²) >= 11 is 0. The maximum absolute atomic E-state index is 12.3. The van der Waals surface area contributed by atoms with Gasteiger partial charge < -0.3 is 5.32 Å². The van der Waals surface area contributed by atoms with E-state index in [-0.39, 0.29) is 11.9 Å². The average Bonchev–Trinajstić information content (AvgIpc) is 3.11. The highest BCUT2D eigenvalue weighted by atomic mass is 16.1. The van der Waals surface area contributed by atoms with E-state index in [4.69, 9.17) is 0 Å². The minimum Gasteiger partial charge on any atom is -0.350 e. The second-order valence-corrected chi connectivity index (χ2v) is 5.75. The van der Waals surface area contributed by atoms with E-state index in [1.165, 1.54) is 18.4 Å². The largest absolute Gasteiger partial charge is 0.350 e. The highest BCUT2D eigenvalue weighted by Gasteiger charge is 2.23. The predicted molar refractivity (Wildman–Crippen MR) is 88.8 cm³/mol. The van der Waals surface area contributed by atoms with Gasteiger partial charge in [-0.05, 0) is 43.6 Å². The summed E-state index contributed by atoms with van der Waals surface area (Å²) in [5.74, 6) is 0.000674. The summed E-state index contributed by atoms with van der Waals surface area (Å²) in [6, 6.07) is 20.1. The summed E-state index contributed by atoms with van der Waals surface area (Å²) in [5, 5.41) is 3.09. The lowest BCUT2D eigenvalue weighted by atomic mass is 10.1. The van der Waals surface area contributed by atoms with Gasteiger partial charge in [0.15, 0.2) is 0 Å². The Kier molecular flexibility index (Phi) is 4.86. The Bertz CT molecular complexity index is 591. The smallest absolute Gasteiger partial charge is 0.251 e. The van der Waals surface area contributed by atoms with Gasteiger partial charge in [-0.15, -0.1) is 0 Å². The summed E-state index contributed by atoms with van der Waals surface area (Å²) in [5.41, 5.74) is 1.99. The number of amides is 1. The van der Waals surface area contributed by atoms with Gasteiger partial charge in [0.25, 0.3) is 5.91 Å². The van der Waals surface area contributed by atoms with Gasteiger partial charge in [-0.1, -0.05) is 48.5 Å². The highest BCUT2D eigenvalue weighted by molar-refractivity contribution is 5.94. The van der Waals surface area contributed by atoms with Crippen LogP contribution in [0.5, 0.6) is 0 Å². The molecule has 0 spiro atoms. The minimum absolute atomic E-state index is 0.000674. The van der Waals surface area contributed by atoms with Crippen LogP contribution in [0.4, 0.5) is 0 Å². The number of carbonyl (C=O) groups excluding carboxylic acids is 1. The van der Waals surface area contributed by atoms with Gasteiger partial charge in [-0.25, -0.2) is 0 Å². The van der Waals surface area contributed by atoms with E-state index in [9.17, 15) is 4.79 Å². The summed E-state index contributed by atoms with van der Waals surface area (Å²) in [6.07, 6.45) is 2.49. The first-order valence-electron chi connectivity index (χ1n) is 7.97. The fraction of sp³-hybridized carbons (Fsp3) is 0.316. The van der Waals surface area contributed by atoms with Gasteiger partial charge in [0.1, 0.15) is 0 Å². The number of hydrogen-bond donors (Lipinski definition) is 1. The number of benzene rings is 2. The number of nitrogens with zero attached hydrogens (tertiary/aromatic N) is 1. The molecule has 1 saturated heterocycles. The highest BCUT2D eigenvalue weighted by Crippen LogP contribution is 2.24. The van der Waals surface area contributed by atoms with Crippen molar-refractivity contribution in [3.8, 4) is 0 Å². The summed E-state index contributed by atoms with van der Waals surface area (Å²) < 4.78 is 0. The molecule has 22 heavy (non-hydrogen) atoms. The SMILES string of the molecule is O=C(NC[C@@H](c1ccccc1)N1CCCC1)c1ccccc1. The van der Waals surface area contributed by atoms with E-state index < -0.39 is 0 Å². The molecule has 0 aromatic heterocycles. The summed E-state index contributed by atoms with van der Waals surface area (Å²) in [7, 11) is 0. The molecule has 1 amide bonds. The van der Waals surface area contributed by atoms with E-state index in [1.54, 1.807) is 0 Å². The zero-order valence-electron chi connectivity index (χ0n) is 12.7. The van der Waals surface area contributed by atoms with Crippen LogP contribution in [0.15, 0.2) is 60.7 Å². The van der Waals surface area contributed by atoms with Crippen molar-refractivity contribution >= 4 is 5.91 Å². The molecule has 1 aliphatic rings. The van der Waals surface area contributed by atoms with Crippen LogP contribution < -0.4 is 5.32 Å². The molecular formula is C19H22N2O. The van der Waals surface area contributed by atoms with Crippen LogP contribution in [0.25, 0.3) is 0 Å². The quantitative estimate of drug-likeness (QED) is 0.918. The standard InChI is InChI=1S/C19H22N2O/c22-19(17-11-5-2-6-12-17)20-15-18(21-13-7-8-14-21)16-9-3-1-4-10-16/h1-6,9-12,18H,7-8,13-15H2,(H,20,22)/t18-/m0/s1. The Labute approximate surface area is 132 Å². The molecule has 1 N–H and O–H groups in total. The molecular weight excluding hydrogens is 272 g/mol. The molecule has 114 valence electrons. The van der Waals surface area contributed by atoms with Crippen molar-refractivity contribution in [2.75, 3.05) is 19.6 Å². The topological polar surface area (TPSA) is 32.3 Å². The molecule has 2 aromatic rings. The molecule has 2 aromatic carbocycles. The van der Waals surface area contributed by atoms with E-state index in [2.05, 4.69) is 34.5 Å². The lowest BCUT2D eigenvalue weighted by Crippen LogP contribution is -2.36. The Balaban J connectivity index is 1.69. The molecule has 0 aliphatic carbocycles. The number of rotatable bonds is 5. The molecule has 0 unspecified atom stereocenters. The van der Waals surface area contributed by atoms with Crippen molar-refractivity contribution in [3.05, 3.63) is 71.8 Å². The van der Waals surface area contributed by atoms with Gasteiger partial charge in [0.2, 0.25) is 0 Å². The Hall–Kier alpha value is -2.13. The third-order valence-corrected chi connectivity index (χ3v) is 4.26. The van der Waals surface area contributed by atoms with Crippen molar-refractivity contribution in [2.45, 2.75) is 18.9 Å². The normalized spacial score (nSPS) is 16.4. The number of carbonyl (C=O) groups is 1. The van der Waals surface area contributed by atoms with E-state index in [0.29, 0.717) is 6.54 Å². The van der Waals surface area contributed by atoms with Gasteiger partial charge in [0, 0.05) is 12.1 Å². The zero-order chi connectivity index (χ0) is 15.2. The number of likely N-dealkylation sites (tertiary alicyclic amines) is 1. The summed E-state index contributed by atoms with van der Waals surface area (Å²) in [6.45, 7) is 2.87. The van der Waals surface area contributed by atoms with Gasteiger partial charge in [-0.3, -0.25) is 9.69 Å². The molecule has 0 saturated carbocycles. The fourth-order valence-electron chi connectivity index (χ4n) is 3.07. The fourth-order valence-corrected chi connectivity index (χ4v) is 3.07. The third-order valence-electron chi connectivity index (χ3n) is 4.26. The lowest BCUT2D eigenvalue weighted by molar-refractivity contribution is 0.0938.